The maximum atomic E-state index is 12.9. The van der Waals surface area contributed by atoms with E-state index < -0.39 is 6.04 Å². The van der Waals surface area contributed by atoms with Crippen LogP contribution in [-0.4, -0.2) is 65.9 Å². The third-order valence-electron chi connectivity index (χ3n) is 4.71. The minimum absolute atomic E-state index is 0.0367. The van der Waals surface area contributed by atoms with Crippen LogP contribution >= 0.6 is 0 Å². The van der Waals surface area contributed by atoms with Gasteiger partial charge in [0.2, 0.25) is 5.91 Å². The van der Waals surface area contributed by atoms with E-state index in [2.05, 4.69) is 29.0 Å². The molecule has 0 saturated carbocycles. The van der Waals surface area contributed by atoms with Crippen LogP contribution in [0.5, 0.6) is 0 Å². The third-order valence-corrected chi connectivity index (χ3v) is 4.71. The molecular weight excluding hydrogens is 304 g/mol. The molecule has 0 aromatic carbocycles. The van der Waals surface area contributed by atoms with E-state index in [1.54, 1.807) is 12.4 Å². The Morgan fingerprint density at radius 3 is 2.58 bits per heavy atom. The first kappa shape index (κ1) is 18.5. The highest BCUT2D eigenvalue weighted by Crippen LogP contribution is 2.17. The van der Waals surface area contributed by atoms with E-state index in [1.165, 1.54) is 0 Å². The highest BCUT2D eigenvalue weighted by molar-refractivity contribution is 5.98. The first-order valence-corrected chi connectivity index (χ1v) is 8.69. The smallest absolute Gasteiger partial charge is 0.253 e. The quantitative estimate of drug-likeness (QED) is 0.831. The molecule has 2 heterocycles. The molecule has 1 aliphatic rings. The fourth-order valence-corrected chi connectivity index (χ4v) is 3.20. The summed E-state index contributed by atoms with van der Waals surface area (Å²) >= 11 is 0. The second-order valence-electron chi connectivity index (χ2n) is 7.40. The molecule has 1 fully saturated rings. The molecule has 6 nitrogen and oxygen atoms in total. The minimum atomic E-state index is -0.465. The fraction of sp³-hybridized carbons (Fsp3) is 0.667. The number of amides is 2. The van der Waals surface area contributed by atoms with Gasteiger partial charge in [-0.2, -0.15) is 0 Å². The lowest BCUT2D eigenvalue weighted by atomic mass is 10.0. The minimum Gasteiger partial charge on any atom is -0.367 e. The maximum absolute atomic E-state index is 12.9. The molecule has 1 aromatic heterocycles. The van der Waals surface area contributed by atoms with Crippen LogP contribution in [-0.2, 0) is 4.79 Å². The van der Waals surface area contributed by atoms with E-state index >= 15 is 0 Å². The lowest BCUT2D eigenvalue weighted by Crippen LogP contribution is -2.49. The van der Waals surface area contributed by atoms with E-state index in [0.29, 0.717) is 23.9 Å². The highest BCUT2D eigenvalue weighted by Gasteiger charge is 2.33. The summed E-state index contributed by atoms with van der Waals surface area (Å²) in [5, 5.41) is 2.95. The summed E-state index contributed by atoms with van der Waals surface area (Å²) < 4.78 is 0. The van der Waals surface area contributed by atoms with Gasteiger partial charge in [-0.3, -0.25) is 9.59 Å². The summed E-state index contributed by atoms with van der Waals surface area (Å²) in [5.41, 5.74) is 1.49. The second-order valence-corrected chi connectivity index (χ2v) is 7.40. The molecule has 1 saturated heterocycles. The third kappa shape index (κ3) is 4.38. The number of aryl methyl sites for hydroxylation is 1. The van der Waals surface area contributed by atoms with Crippen molar-refractivity contribution in [1.29, 1.82) is 0 Å². The Hall–Kier alpha value is -1.82. The summed E-state index contributed by atoms with van der Waals surface area (Å²) in [6.45, 7) is 7.52. The topological polar surface area (TPSA) is 68.4 Å². The van der Waals surface area contributed by atoms with Crippen molar-refractivity contribution in [3.8, 4) is 0 Å². The van der Waals surface area contributed by atoms with E-state index in [1.807, 2.05) is 25.9 Å². The molecular formula is C18H30N4O2. The summed E-state index contributed by atoms with van der Waals surface area (Å²) in [6.07, 6.45) is 5.10. The van der Waals surface area contributed by atoms with Crippen LogP contribution in [0.15, 0.2) is 12.4 Å². The Morgan fingerprint density at radius 1 is 1.38 bits per heavy atom. The van der Waals surface area contributed by atoms with Gasteiger partial charge in [-0.1, -0.05) is 13.8 Å². The molecule has 24 heavy (non-hydrogen) atoms. The number of nitrogens with zero attached hydrogens (tertiary/aromatic N) is 2. The number of rotatable bonds is 6. The summed E-state index contributed by atoms with van der Waals surface area (Å²) in [5.74, 6) is 0.185. The number of hydrogen-bond donors (Lipinski definition) is 2. The Kier molecular flexibility index (Phi) is 6.04. The first-order chi connectivity index (χ1) is 11.3. The van der Waals surface area contributed by atoms with Crippen molar-refractivity contribution in [1.82, 2.24) is 20.1 Å². The standard InChI is InChI=1S/C18H30N4O2/c1-12(2)8-16(20-17(23)15-10-19-9-13(15)3)18(24)22-7-6-14(11-22)21(4)5/h9-10,12,14,16,19H,6-8,11H2,1-5H3,(H,20,23)/t14?,16-/m0/s1. The van der Waals surface area contributed by atoms with Gasteiger partial charge in [0.05, 0.1) is 5.56 Å². The molecule has 2 atom stereocenters. The molecule has 0 bridgehead atoms. The summed E-state index contributed by atoms with van der Waals surface area (Å²) in [6, 6.07) is -0.0658. The molecule has 2 N–H and O–H groups in total. The van der Waals surface area contributed by atoms with Gasteiger partial charge in [0, 0.05) is 31.5 Å². The zero-order valence-electron chi connectivity index (χ0n) is 15.4. The number of hydrogen-bond acceptors (Lipinski definition) is 3. The second kappa shape index (κ2) is 7.83. The summed E-state index contributed by atoms with van der Waals surface area (Å²) in [4.78, 5) is 32.4. The van der Waals surface area contributed by atoms with Crippen LogP contribution in [0.4, 0.5) is 0 Å². The number of aromatic nitrogens is 1. The molecule has 1 aromatic rings. The predicted octanol–water partition coefficient (Wildman–Crippen LogP) is 1.63. The normalized spacial score (nSPS) is 19.1. The van der Waals surface area contributed by atoms with Crippen LogP contribution in [0, 0.1) is 12.8 Å². The number of carbonyl (C=O) groups excluding carboxylic acids is 2. The molecule has 0 radical (unpaired) electrons. The number of aromatic amines is 1. The van der Waals surface area contributed by atoms with Gasteiger partial charge < -0.3 is 20.1 Å². The zero-order chi connectivity index (χ0) is 17.9. The van der Waals surface area contributed by atoms with Crippen molar-refractivity contribution in [2.24, 2.45) is 5.92 Å². The number of likely N-dealkylation sites (N-methyl/N-ethyl adjacent to an activating group) is 1. The molecule has 2 amide bonds. The average molecular weight is 334 g/mol. The lowest BCUT2D eigenvalue weighted by molar-refractivity contribution is -0.132. The van der Waals surface area contributed by atoms with Crippen molar-refractivity contribution in [2.45, 2.75) is 45.7 Å². The Labute approximate surface area is 144 Å². The van der Waals surface area contributed by atoms with Crippen molar-refractivity contribution in [3.63, 3.8) is 0 Å². The molecule has 1 unspecified atom stereocenters. The maximum Gasteiger partial charge on any atom is 0.253 e. The van der Waals surface area contributed by atoms with Crippen molar-refractivity contribution in [2.75, 3.05) is 27.2 Å². The van der Waals surface area contributed by atoms with Crippen LogP contribution in [0.2, 0.25) is 0 Å². The van der Waals surface area contributed by atoms with Crippen LogP contribution < -0.4 is 5.32 Å². The van der Waals surface area contributed by atoms with Gasteiger partial charge >= 0.3 is 0 Å². The number of nitrogens with one attached hydrogen (secondary N) is 2. The van der Waals surface area contributed by atoms with E-state index in [9.17, 15) is 9.59 Å². The number of likely N-dealkylation sites (tertiary alicyclic amines) is 1. The van der Waals surface area contributed by atoms with E-state index in [0.717, 1.165) is 25.1 Å². The average Bonchev–Trinajstić information content (AvgIpc) is 3.14. The number of carbonyl (C=O) groups is 2. The monoisotopic (exact) mass is 334 g/mol. The predicted molar refractivity (Wildman–Crippen MR) is 94.9 cm³/mol. The largest absolute Gasteiger partial charge is 0.367 e. The van der Waals surface area contributed by atoms with Crippen LogP contribution in [0.1, 0.15) is 42.6 Å². The van der Waals surface area contributed by atoms with E-state index in [-0.39, 0.29) is 11.8 Å². The lowest BCUT2D eigenvalue weighted by Gasteiger charge is -2.26. The first-order valence-electron chi connectivity index (χ1n) is 8.69. The molecule has 0 aliphatic carbocycles. The van der Waals surface area contributed by atoms with Crippen LogP contribution in [0.25, 0.3) is 0 Å². The zero-order valence-corrected chi connectivity index (χ0v) is 15.4. The Morgan fingerprint density at radius 2 is 2.08 bits per heavy atom. The van der Waals surface area contributed by atoms with Crippen molar-refractivity contribution >= 4 is 11.8 Å². The summed E-state index contributed by atoms with van der Waals surface area (Å²) in [7, 11) is 4.08. The molecule has 1 aliphatic heterocycles. The Bertz CT molecular complexity index is 579. The van der Waals surface area contributed by atoms with Gasteiger partial charge in [0.25, 0.3) is 5.91 Å². The number of H-pyrrole nitrogens is 1. The molecule has 134 valence electrons. The van der Waals surface area contributed by atoms with Gasteiger partial charge in [0.15, 0.2) is 0 Å². The van der Waals surface area contributed by atoms with E-state index in [4.69, 9.17) is 0 Å². The van der Waals surface area contributed by atoms with Gasteiger partial charge in [-0.15, -0.1) is 0 Å². The van der Waals surface area contributed by atoms with Gasteiger partial charge in [-0.25, -0.2) is 0 Å². The SMILES string of the molecule is Cc1c[nH]cc1C(=O)N[C@@H](CC(C)C)C(=O)N1CCC(N(C)C)C1. The van der Waals surface area contributed by atoms with Crippen molar-refractivity contribution < 1.29 is 9.59 Å². The molecule has 0 spiro atoms. The molecule has 6 heteroatoms. The highest BCUT2D eigenvalue weighted by atomic mass is 16.2. The van der Waals surface area contributed by atoms with Gasteiger partial charge in [0.1, 0.15) is 6.04 Å². The van der Waals surface area contributed by atoms with Gasteiger partial charge in [-0.05, 0) is 45.3 Å². The molecule has 2 rings (SSSR count). The van der Waals surface area contributed by atoms with Crippen LogP contribution in [0.3, 0.4) is 0 Å². The fourth-order valence-electron chi connectivity index (χ4n) is 3.20. The van der Waals surface area contributed by atoms with Crippen molar-refractivity contribution in [3.05, 3.63) is 23.5 Å². The Balaban J connectivity index is 2.06.